The van der Waals surface area contributed by atoms with Crippen molar-refractivity contribution in [3.8, 4) is 34.0 Å². The molecule has 184 valence electrons. The zero-order valence-electron chi connectivity index (χ0n) is 19.4. The van der Waals surface area contributed by atoms with Crippen molar-refractivity contribution in [1.82, 2.24) is 24.5 Å². The average Bonchev–Trinajstić information content (AvgIpc) is 3.40. The number of nitrogens with two attached hydrogens (primary N) is 1. The van der Waals surface area contributed by atoms with Gasteiger partial charge in [0.2, 0.25) is 5.95 Å². The molecule has 0 aliphatic heterocycles. The molecule has 5 rings (SSSR count). The van der Waals surface area contributed by atoms with Crippen LogP contribution in [0.4, 0.5) is 23.5 Å². The largest absolute Gasteiger partial charge is 0.417 e. The first kappa shape index (κ1) is 23.5. The van der Waals surface area contributed by atoms with Crippen LogP contribution in [-0.2, 0) is 12.7 Å². The van der Waals surface area contributed by atoms with Crippen LogP contribution < -0.4 is 5.73 Å². The first-order chi connectivity index (χ1) is 17.1. The van der Waals surface area contributed by atoms with Gasteiger partial charge in [-0.3, -0.25) is 4.57 Å². The summed E-state index contributed by atoms with van der Waals surface area (Å²) >= 11 is 0. The van der Waals surface area contributed by atoms with Crippen molar-refractivity contribution in [3.63, 3.8) is 0 Å². The van der Waals surface area contributed by atoms with E-state index in [-0.39, 0.29) is 11.7 Å². The van der Waals surface area contributed by atoms with Crippen LogP contribution in [0.2, 0.25) is 0 Å². The number of aromatic amines is 1. The number of anilines is 1. The highest BCUT2D eigenvalue weighted by Gasteiger charge is 2.36. The van der Waals surface area contributed by atoms with E-state index in [1.54, 1.807) is 41.0 Å². The molecule has 2 aromatic carbocycles. The molecule has 6 nitrogen and oxygen atoms in total. The van der Waals surface area contributed by atoms with Crippen LogP contribution >= 0.6 is 0 Å². The van der Waals surface area contributed by atoms with Crippen molar-refractivity contribution in [2.45, 2.75) is 26.6 Å². The van der Waals surface area contributed by atoms with Crippen LogP contribution in [0.1, 0.15) is 19.4 Å². The molecular weight excluding hydrogens is 472 g/mol. The summed E-state index contributed by atoms with van der Waals surface area (Å²) in [5.41, 5.74) is 7.21. The summed E-state index contributed by atoms with van der Waals surface area (Å²) in [6.45, 7) is 4.66. The Morgan fingerprint density at radius 1 is 0.944 bits per heavy atom. The predicted molar refractivity (Wildman–Crippen MR) is 130 cm³/mol. The molecule has 0 saturated heterocycles. The van der Waals surface area contributed by atoms with Gasteiger partial charge in [0.1, 0.15) is 17.2 Å². The normalized spacial score (nSPS) is 12.1. The number of H-pyrrole nitrogens is 1. The maximum atomic E-state index is 14.8. The molecule has 0 aliphatic carbocycles. The van der Waals surface area contributed by atoms with Gasteiger partial charge in [0, 0.05) is 12.1 Å². The van der Waals surface area contributed by atoms with E-state index in [4.69, 9.17) is 10.7 Å². The lowest BCUT2D eigenvalue weighted by atomic mass is 10.1. The van der Waals surface area contributed by atoms with Gasteiger partial charge >= 0.3 is 6.18 Å². The molecule has 3 N–H and O–H groups in total. The zero-order valence-corrected chi connectivity index (χ0v) is 19.4. The summed E-state index contributed by atoms with van der Waals surface area (Å²) in [5.74, 6) is -0.684. The number of fused-ring (bicyclic) bond motifs is 1. The van der Waals surface area contributed by atoms with Crippen LogP contribution in [0.5, 0.6) is 0 Å². The maximum Gasteiger partial charge on any atom is 0.417 e. The number of nitrogens with zero attached hydrogens (tertiary/aromatic N) is 4. The smallest absolute Gasteiger partial charge is 0.369 e. The topological polar surface area (TPSA) is 85.4 Å². The second kappa shape index (κ2) is 8.78. The van der Waals surface area contributed by atoms with E-state index in [9.17, 15) is 17.6 Å². The highest BCUT2D eigenvalue weighted by Crippen LogP contribution is 2.40. The molecule has 0 fully saturated rings. The van der Waals surface area contributed by atoms with E-state index < -0.39 is 23.1 Å². The Hall–Kier alpha value is -4.21. The first-order valence-corrected chi connectivity index (χ1v) is 11.3. The van der Waals surface area contributed by atoms with Crippen molar-refractivity contribution in [2.24, 2.45) is 5.92 Å². The minimum atomic E-state index is -4.77. The number of nitrogens with one attached hydrogen (secondary N) is 1. The van der Waals surface area contributed by atoms with Gasteiger partial charge in [0.05, 0.1) is 28.2 Å². The summed E-state index contributed by atoms with van der Waals surface area (Å²) in [4.78, 5) is 16.5. The van der Waals surface area contributed by atoms with Crippen LogP contribution in [0.3, 0.4) is 0 Å². The number of aromatic nitrogens is 5. The summed E-state index contributed by atoms with van der Waals surface area (Å²) in [6, 6.07) is 15.2. The number of hydrogen-bond acceptors (Lipinski definition) is 4. The Kier molecular flexibility index (Phi) is 5.74. The van der Waals surface area contributed by atoms with E-state index in [0.29, 0.717) is 46.3 Å². The molecule has 0 bridgehead atoms. The summed E-state index contributed by atoms with van der Waals surface area (Å²) in [5, 5.41) is 0. The molecule has 36 heavy (non-hydrogen) atoms. The van der Waals surface area contributed by atoms with E-state index in [1.165, 1.54) is 0 Å². The molecule has 10 heteroatoms. The summed E-state index contributed by atoms with van der Waals surface area (Å²) in [6.07, 6.45) is -4.77. The number of hydrogen-bond donors (Lipinski definition) is 2. The van der Waals surface area contributed by atoms with Gasteiger partial charge < -0.3 is 10.7 Å². The lowest BCUT2D eigenvalue weighted by Crippen LogP contribution is -2.09. The molecule has 0 radical (unpaired) electrons. The molecule has 0 aliphatic rings. The number of benzene rings is 2. The van der Waals surface area contributed by atoms with Gasteiger partial charge in [-0.25, -0.2) is 19.3 Å². The number of halogens is 4. The van der Waals surface area contributed by atoms with Gasteiger partial charge in [-0.2, -0.15) is 13.2 Å². The van der Waals surface area contributed by atoms with Gasteiger partial charge in [-0.1, -0.05) is 50.2 Å². The molecule has 3 heterocycles. The number of nitrogen functional groups attached to an aromatic ring is 1. The third-order valence-electron chi connectivity index (χ3n) is 5.73. The van der Waals surface area contributed by atoms with Crippen molar-refractivity contribution in [1.29, 1.82) is 0 Å². The van der Waals surface area contributed by atoms with E-state index >= 15 is 0 Å². The average molecular weight is 494 g/mol. The Balaban J connectivity index is 1.75. The predicted octanol–water partition coefficient (Wildman–Crippen LogP) is 6.55. The maximum absolute atomic E-state index is 14.8. The Morgan fingerprint density at radius 3 is 2.39 bits per heavy atom. The van der Waals surface area contributed by atoms with Crippen molar-refractivity contribution in [3.05, 3.63) is 72.0 Å². The molecule has 3 aromatic heterocycles. The van der Waals surface area contributed by atoms with Crippen LogP contribution in [0, 0.1) is 11.7 Å². The lowest BCUT2D eigenvalue weighted by molar-refractivity contribution is -0.137. The lowest BCUT2D eigenvalue weighted by Gasteiger charge is -2.11. The van der Waals surface area contributed by atoms with Gasteiger partial charge in [-0.05, 0) is 30.2 Å². The van der Waals surface area contributed by atoms with E-state index in [1.807, 2.05) is 19.9 Å². The SMILES string of the molecule is CC(C)Cn1c(N)nc2ccc(-c3[nH]c(-c4c(F)cccc4C(F)(F)F)nc3-c3ccccc3)nc21. The highest BCUT2D eigenvalue weighted by molar-refractivity contribution is 5.84. The number of rotatable bonds is 5. The third kappa shape index (κ3) is 4.19. The summed E-state index contributed by atoms with van der Waals surface area (Å²) in [7, 11) is 0. The fourth-order valence-corrected chi connectivity index (χ4v) is 4.19. The molecule has 0 amide bonds. The van der Waals surface area contributed by atoms with Gasteiger partial charge in [0.25, 0.3) is 0 Å². The Labute approximate surface area is 203 Å². The first-order valence-electron chi connectivity index (χ1n) is 11.3. The van der Waals surface area contributed by atoms with Gasteiger partial charge in [-0.15, -0.1) is 0 Å². The molecule has 0 unspecified atom stereocenters. The van der Waals surface area contributed by atoms with Crippen LogP contribution in [0.15, 0.2) is 60.7 Å². The standard InChI is InChI=1S/C26H22F4N6/c1-14(2)13-36-24-19(33-25(36)31)12-11-18(32-24)22-21(15-7-4-3-5-8-15)34-23(35-22)20-16(26(28,29)30)9-6-10-17(20)27/h3-12,14H,13H2,1-2H3,(H2,31,33)(H,34,35). The molecule has 5 aromatic rings. The van der Waals surface area contributed by atoms with E-state index in [2.05, 4.69) is 15.0 Å². The van der Waals surface area contributed by atoms with E-state index in [0.717, 1.165) is 18.2 Å². The second-order valence-corrected chi connectivity index (χ2v) is 8.85. The van der Waals surface area contributed by atoms with Crippen molar-refractivity contribution >= 4 is 17.1 Å². The van der Waals surface area contributed by atoms with Crippen molar-refractivity contribution < 1.29 is 17.6 Å². The minimum absolute atomic E-state index is 0.244. The number of alkyl halides is 3. The molecule has 0 saturated carbocycles. The molecule has 0 spiro atoms. The molecular formula is C26H22F4N6. The molecule has 0 atom stereocenters. The zero-order chi connectivity index (χ0) is 25.6. The van der Waals surface area contributed by atoms with Gasteiger partial charge in [0.15, 0.2) is 5.65 Å². The highest BCUT2D eigenvalue weighted by atomic mass is 19.4. The summed E-state index contributed by atoms with van der Waals surface area (Å²) < 4.78 is 57.8. The third-order valence-corrected chi connectivity index (χ3v) is 5.73. The quantitative estimate of drug-likeness (QED) is 0.271. The number of pyridine rings is 1. The minimum Gasteiger partial charge on any atom is -0.369 e. The number of imidazole rings is 2. The van der Waals surface area contributed by atoms with Crippen molar-refractivity contribution in [2.75, 3.05) is 5.73 Å². The second-order valence-electron chi connectivity index (χ2n) is 8.85. The Bertz CT molecular complexity index is 1550. The Morgan fingerprint density at radius 2 is 1.69 bits per heavy atom. The fourth-order valence-electron chi connectivity index (χ4n) is 4.19. The van der Waals surface area contributed by atoms with Crippen LogP contribution in [-0.4, -0.2) is 24.5 Å². The van der Waals surface area contributed by atoms with Crippen LogP contribution in [0.25, 0.3) is 45.2 Å². The fraction of sp³-hybridized carbons (Fsp3) is 0.192. The monoisotopic (exact) mass is 494 g/mol.